The van der Waals surface area contributed by atoms with Crippen molar-refractivity contribution in [3.8, 4) is 0 Å². The molecule has 0 aliphatic carbocycles. The second-order valence-corrected chi connectivity index (χ2v) is 11.1. The number of hydrogen-bond acceptors (Lipinski definition) is 14. The van der Waals surface area contributed by atoms with Gasteiger partial charge in [0.15, 0.2) is 12.6 Å². The van der Waals surface area contributed by atoms with Crippen LogP contribution in [-0.4, -0.2) is 136 Å². The molecule has 37 heavy (non-hydrogen) atoms. The van der Waals surface area contributed by atoms with E-state index >= 15 is 0 Å². The molecule has 2 amide bonds. The summed E-state index contributed by atoms with van der Waals surface area (Å²) in [6.07, 6.45) is -7.66. The van der Waals surface area contributed by atoms with Gasteiger partial charge in [-0.15, -0.1) is 11.8 Å². The Balaban J connectivity index is 1.35. The van der Waals surface area contributed by atoms with Crippen molar-refractivity contribution in [1.82, 2.24) is 10.6 Å². The highest BCUT2D eigenvalue weighted by molar-refractivity contribution is 8.01. The van der Waals surface area contributed by atoms with Crippen molar-refractivity contribution in [2.24, 2.45) is 11.5 Å². The Hall–Kier alpha value is -1.44. The number of fused-ring (bicyclic) bond motifs is 4. The first-order valence-electron chi connectivity index (χ1n) is 11.9. The van der Waals surface area contributed by atoms with Gasteiger partial charge in [0.1, 0.15) is 41.4 Å². The van der Waals surface area contributed by atoms with Gasteiger partial charge >= 0.3 is 0 Å². The summed E-state index contributed by atoms with van der Waals surface area (Å²) < 4.78 is 22.1. The van der Waals surface area contributed by atoms with E-state index in [0.717, 1.165) is 11.8 Å². The van der Waals surface area contributed by atoms with E-state index < -0.39 is 77.3 Å². The minimum atomic E-state index is -1.42. The number of aliphatic hydroxyl groups excluding tert-OH is 4. The molecule has 0 aromatic rings. The Morgan fingerprint density at radius 2 is 1.41 bits per heavy atom. The van der Waals surface area contributed by atoms with Crippen molar-refractivity contribution in [2.75, 3.05) is 32.1 Å². The topological polar surface area (TPSA) is 245 Å². The summed E-state index contributed by atoms with van der Waals surface area (Å²) in [6.45, 7) is 0.695. The van der Waals surface area contributed by atoms with Crippen LogP contribution in [-0.2, 0) is 33.3 Å². The molecule has 4 aliphatic rings. The lowest BCUT2D eigenvalue weighted by molar-refractivity contribution is -0.217. The molecular formula is C21H34N4O11S. The fourth-order valence-corrected chi connectivity index (χ4v) is 5.72. The fraction of sp³-hybridized carbons (Fsp3) is 0.857. The van der Waals surface area contributed by atoms with Crippen LogP contribution < -0.4 is 22.1 Å². The highest BCUT2D eigenvalue weighted by atomic mass is 32.2. The van der Waals surface area contributed by atoms with Gasteiger partial charge in [0.05, 0.1) is 49.4 Å². The van der Waals surface area contributed by atoms with Crippen LogP contribution in [0.5, 0.6) is 0 Å². The zero-order chi connectivity index (χ0) is 27.1. The number of ketones is 1. The molecule has 4 unspecified atom stereocenters. The Bertz CT molecular complexity index is 901. The molecule has 11 atom stereocenters. The van der Waals surface area contributed by atoms with Crippen molar-refractivity contribution in [2.45, 2.75) is 78.9 Å². The maximum atomic E-state index is 13.0. The van der Waals surface area contributed by atoms with Gasteiger partial charge in [-0.1, -0.05) is 0 Å². The van der Waals surface area contributed by atoms with E-state index in [1.54, 1.807) is 0 Å². The second-order valence-electron chi connectivity index (χ2n) is 9.95. The first-order valence-corrected chi connectivity index (χ1v) is 12.9. The summed E-state index contributed by atoms with van der Waals surface area (Å²) in [5, 5.41) is 45.5. The Morgan fingerprint density at radius 3 is 1.89 bits per heavy atom. The quantitative estimate of drug-likeness (QED) is 0.127. The minimum absolute atomic E-state index is 0.0280. The van der Waals surface area contributed by atoms with Gasteiger partial charge in [-0.05, 0) is 6.92 Å². The van der Waals surface area contributed by atoms with E-state index in [1.807, 2.05) is 0 Å². The van der Waals surface area contributed by atoms with Crippen LogP contribution in [0.25, 0.3) is 0 Å². The first-order chi connectivity index (χ1) is 17.4. The van der Waals surface area contributed by atoms with Crippen LogP contribution in [0.1, 0.15) is 13.3 Å². The van der Waals surface area contributed by atoms with Crippen molar-refractivity contribution in [1.29, 1.82) is 0 Å². The van der Waals surface area contributed by atoms with Crippen molar-refractivity contribution in [3.63, 3.8) is 0 Å². The summed E-state index contributed by atoms with van der Waals surface area (Å²) in [5.74, 6) is -1.40. The highest BCUT2D eigenvalue weighted by Gasteiger charge is 2.59. The number of nitrogens with two attached hydrogens (primary N) is 2. The standard InChI is InChI=1S/C21H34N4O11S/c1-8(26)3-37-9(17(32)25-5-21-7-34-19(36-21)12(23)14(29)16(21)31)2-10(27)24-4-20-6-33-18(35-20)11(22)13(28)15(20)30/h9,11-16,18-19,28-31H,2-7,22-23H2,1H3,(H,24,27)(H,25,32)/t9?,11-,12-,13-,14-,15-,16-,18?,19?,20?,21+/m1/s1. The Kier molecular flexibility index (Phi) is 8.47. The molecule has 4 saturated heterocycles. The number of amides is 2. The van der Waals surface area contributed by atoms with Crippen LogP contribution >= 0.6 is 11.8 Å². The van der Waals surface area contributed by atoms with E-state index in [4.69, 9.17) is 30.4 Å². The molecule has 0 aromatic carbocycles. The maximum Gasteiger partial charge on any atom is 0.233 e. The molecule has 4 fully saturated rings. The molecule has 4 bridgehead atoms. The fourth-order valence-electron chi connectivity index (χ4n) is 4.78. The summed E-state index contributed by atoms with van der Waals surface area (Å²) in [5.41, 5.74) is 8.75. The Labute approximate surface area is 216 Å². The largest absolute Gasteiger partial charge is 0.388 e. The van der Waals surface area contributed by atoms with Crippen molar-refractivity contribution in [3.05, 3.63) is 0 Å². The van der Waals surface area contributed by atoms with Gasteiger partial charge < -0.3 is 61.5 Å². The average molecular weight is 551 g/mol. The number of hydrogen-bond donors (Lipinski definition) is 8. The monoisotopic (exact) mass is 550 g/mol. The van der Waals surface area contributed by atoms with E-state index in [0.29, 0.717) is 0 Å². The predicted octanol–water partition coefficient (Wildman–Crippen LogP) is -5.35. The summed E-state index contributed by atoms with van der Waals surface area (Å²) in [4.78, 5) is 37.3. The molecule has 0 spiro atoms. The second kappa shape index (κ2) is 11.0. The Morgan fingerprint density at radius 1 is 0.919 bits per heavy atom. The van der Waals surface area contributed by atoms with Gasteiger partial charge in [-0.25, -0.2) is 0 Å². The van der Waals surface area contributed by atoms with Crippen LogP contribution in [0, 0.1) is 0 Å². The number of thioether (sulfide) groups is 1. The predicted molar refractivity (Wildman–Crippen MR) is 125 cm³/mol. The van der Waals surface area contributed by atoms with Gasteiger partial charge in [-0.3, -0.25) is 14.4 Å². The molecule has 0 radical (unpaired) electrons. The zero-order valence-corrected chi connectivity index (χ0v) is 21.0. The highest BCUT2D eigenvalue weighted by Crippen LogP contribution is 2.37. The van der Waals surface area contributed by atoms with E-state index in [-0.39, 0.29) is 44.3 Å². The number of nitrogens with one attached hydrogen (secondary N) is 2. The minimum Gasteiger partial charge on any atom is -0.388 e. The van der Waals surface area contributed by atoms with Crippen LogP contribution in [0.15, 0.2) is 0 Å². The van der Waals surface area contributed by atoms with E-state index in [1.165, 1.54) is 6.92 Å². The van der Waals surface area contributed by atoms with Gasteiger partial charge in [0.2, 0.25) is 11.8 Å². The van der Waals surface area contributed by atoms with Crippen LogP contribution in [0.3, 0.4) is 0 Å². The molecule has 4 heterocycles. The lowest BCUT2D eigenvalue weighted by atomic mass is 9.88. The third kappa shape index (κ3) is 5.51. The molecule has 4 aliphatic heterocycles. The number of aliphatic hydroxyl groups is 4. The number of Topliss-reactive ketones (excluding diaryl/α,β-unsaturated/α-hetero) is 1. The van der Waals surface area contributed by atoms with Gasteiger partial charge in [0.25, 0.3) is 0 Å². The van der Waals surface area contributed by atoms with E-state index in [2.05, 4.69) is 10.6 Å². The summed E-state index contributed by atoms with van der Waals surface area (Å²) in [7, 11) is 0. The van der Waals surface area contributed by atoms with Gasteiger partial charge in [-0.2, -0.15) is 0 Å². The number of rotatable bonds is 10. The molecule has 10 N–H and O–H groups in total. The summed E-state index contributed by atoms with van der Waals surface area (Å²) in [6, 6.07) is -1.90. The zero-order valence-electron chi connectivity index (χ0n) is 20.1. The van der Waals surface area contributed by atoms with Crippen LogP contribution in [0.4, 0.5) is 0 Å². The number of carbonyl (C=O) groups excluding carboxylic acids is 3. The average Bonchev–Trinajstić information content (AvgIpc) is 3.48. The summed E-state index contributed by atoms with van der Waals surface area (Å²) >= 11 is 0.959. The molecule has 15 nitrogen and oxygen atoms in total. The molecule has 0 aromatic heterocycles. The van der Waals surface area contributed by atoms with Crippen molar-refractivity contribution >= 4 is 29.4 Å². The van der Waals surface area contributed by atoms with E-state index in [9.17, 15) is 34.8 Å². The third-order valence-electron chi connectivity index (χ3n) is 7.13. The smallest absolute Gasteiger partial charge is 0.233 e. The first kappa shape index (κ1) is 28.6. The molecular weight excluding hydrogens is 516 g/mol. The molecule has 0 saturated carbocycles. The SMILES string of the molecule is CC(=O)CSC(CC(=O)NCC12COC(O1)[C@H](N)[C@@H](O)[C@H]2O)C(=O)NC[C@@]12COC(O1)[C@H](N)[C@@H](O)[C@H]2O. The maximum absolute atomic E-state index is 13.0. The van der Waals surface area contributed by atoms with Crippen molar-refractivity contribution < 1.29 is 53.8 Å². The lowest BCUT2D eigenvalue weighted by Crippen LogP contribution is -2.66. The lowest BCUT2D eigenvalue weighted by Gasteiger charge is -2.41. The number of ether oxygens (including phenoxy) is 4. The number of carbonyl (C=O) groups is 3. The third-order valence-corrected chi connectivity index (χ3v) is 8.48. The normalized spacial score (nSPS) is 43.3. The molecule has 16 heteroatoms. The van der Waals surface area contributed by atoms with Gasteiger partial charge in [0, 0.05) is 6.42 Å². The molecule has 210 valence electrons. The van der Waals surface area contributed by atoms with Crippen LogP contribution in [0.2, 0.25) is 0 Å². The molecule has 4 rings (SSSR count).